The van der Waals surface area contributed by atoms with Crippen LogP contribution in [0, 0.1) is 13.8 Å². The van der Waals surface area contributed by atoms with Gasteiger partial charge in [-0.3, -0.25) is 9.48 Å². The van der Waals surface area contributed by atoms with Gasteiger partial charge in [0.05, 0.1) is 29.6 Å². The summed E-state index contributed by atoms with van der Waals surface area (Å²) in [7, 11) is 0. The van der Waals surface area contributed by atoms with E-state index in [1.54, 1.807) is 0 Å². The fourth-order valence-corrected chi connectivity index (χ4v) is 2.93. The lowest BCUT2D eigenvalue weighted by atomic mass is 10.2. The van der Waals surface area contributed by atoms with Crippen LogP contribution in [0.1, 0.15) is 17.0 Å². The van der Waals surface area contributed by atoms with Crippen LogP contribution in [0.5, 0.6) is 0 Å². The fraction of sp³-hybridized carbons (Fsp3) is 0.267. The zero-order chi connectivity index (χ0) is 14.8. The van der Waals surface area contributed by atoms with E-state index in [1.807, 2.05) is 49.0 Å². The van der Waals surface area contributed by atoms with Crippen LogP contribution in [0.3, 0.4) is 0 Å². The number of amides is 1. The Kier molecular flexibility index (Phi) is 3.70. The summed E-state index contributed by atoms with van der Waals surface area (Å²) in [6.07, 6.45) is 2.21. The van der Waals surface area contributed by atoms with Crippen LogP contribution in [0.4, 0.5) is 5.69 Å². The highest BCUT2D eigenvalue weighted by molar-refractivity contribution is 7.06. The minimum Gasteiger partial charge on any atom is -0.323 e. The van der Waals surface area contributed by atoms with Crippen LogP contribution in [-0.4, -0.2) is 20.1 Å². The van der Waals surface area contributed by atoms with Gasteiger partial charge in [-0.15, -0.1) is 0 Å². The van der Waals surface area contributed by atoms with Crippen LogP contribution in [0.2, 0.25) is 0 Å². The van der Waals surface area contributed by atoms with Crippen molar-refractivity contribution in [3.05, 3.63) is 41.0 Å². The molecule has 2 heterocycles. The lowest BCUT2D eigenvalue weighted by molar-refractivity contribution is -0.116. The number of rotatable bonds is 4. The second-order valence-electron chi connectivity index (χ2n) is 4.92. The third kappa shape index (κ3) is 2.80. The molecular formula is C15H16N4OS. The van der Waals surface area contributed by atoms with E-state index in [2.05, 4.69) is 14.8 Å². The number of aryl methyl sites for hydroxylation is 3. The first-order valence-electron chi connectivity index (χ1n) is 6.78. The second kappa shape index (κ2) is 5.65. The van der Waals surface area contributed by atoms with Crippen LogP contribution in [0.15, 0.2) is 30.5 Å². The number of nitrogens with one attached hydrogen (secondary N) is 1. The zero-order valence-electron chi connectivity index (χ0n) is 12.0. The van der Waals surface area contributed by atoms with Crippen molar-refractivity contribution in [2.45, 2.75) is 26.8 Å². The van der Waals surface area contributed by atoms with E-state index in [9.17, 15) is 4.79 Å². The van der Waals surface area contributed by atoms with E-state index in [0.717, 1.165) is 27.2 Å². The third-order valence-electron chi connectivity index (χ3n) is 3.40. The zero-order valence-corrected chi connectivity index (χ0v) is 12.8. The molecule has 0 atom stereocenters. The average Bonchev–Trinajstić information content (AvgIpc) is 3.03. The molecule has 108 valence electrons. The highest BCUT2D eigenvalue weighted by Gasteiger charge is 2.11. The monoisotopic (exact) mass is 300 g/mol. The summed E-state index contributed by atoms with van der Waals surface area (Å²) < 4.78 is 6.09. The van der Waals surface area contributed by atoms with Crippen molar-refractivity contribution in [1.29, 1.82) is 0 Å². The van der Waals surface area contributed by atoms with Crippen molar-refractivity contribution >= 4 is 34.0 Å². The van der Waals surface area contributed by atoms with Gasteiger partial charge in [-0.25, -0.2) is 0 Å². The normalized spacial score (nSPS) is 11.0. The van der Waals surface area contributed by atoms with Gasteiger partial charge in [0.1, 0.15) is 0 Å². The number of hydrogen-bond acceptors (Lipinski definition) is 4. The van der Waals surface area contributed by atoms with Gasteiger partial charge < -0.3 is 5.32 Å². The van der Waals surface area contributed by atoms with E-state index in [0.29, 0.717) is 13.0 Å². The van der Waals surface area contributed by atoms with Gasteiger partial charge >= 0.3 is 0 Å². The molecule has 0 fully saturated rings. The number of nitrogens with zero attached hydrogens (tertiary/aromatic N) is 3. The molecule has 6 heteroatoms. The Hall–Kier alpha value is -2.21. The number of fused-ring (bicyclic) bond motifs is 1. The number of benzene rings is 1. The smallest absolute Gasteiger partial charge is 0.226 e. The van der Waals surface area contributed by atoms with Gasteiger partial charge in [0.15, 0.2) is 0 Å². The molecule has 1 aromatic carbocycles. The molecule has 1 amide bonds. The number of carbonyl (C=O) groups is 1. The largest absolute Gasteiger partial charge is 0.323 e. The molecule has 0 unspecified atom stereocenters. The van der Waals surface area contributed by atoms with Crippen molar-refractivity contribution in [2.75, 3.05) is 5.32 Å². The summed E-state index contributed by atoms with van der Waals surface area (Å²) in [5.41, 5.74) is 2.76. The van der Waals surface area contributed by atoms with Gasteiger partial charge in [-0.1, -0.05) is 18.2 Å². The van der Waals surface area contributed by atoms with Crippen molar-refractivity contribution in [1.82, 2.24) is 14.2 Å². The molecule has 3 rings (SSSR count). The maximum atomic E-state index is 12.1. The Morgan fingerprint density at radius 3 is 2.90 bits per heavy atom. The summed E-state index contributed by atoms with van der Waals surface area (Å²) in [5, 5.41) is 8.35. The van der Waals surface area contributed by atoms with E-state index in [1.165, 1.54) is 11.5 Å². The Balaban J connectivity index is 1.66. The molecule has 0 saturated heterocycles. The number of hydrogen-bond donors (Lipinski definition) is 1. The summed E-state index contributed by atoms with van der Waals surface area (Å²) in [6, 6.07) is 7.99. The molecule has 0 bridgehead atoms. The number of para-hydroxylation sites is 1. The fourth-order valence-electron chi connectivity index (χ4n) is 2.27. The standard InChI is InChI=1S/C15H16N4OS/c1-10-15(11(2)21-18-10)17-14(20)7-8-19-13-6-4-3-5-12(13)9-16-19/h3-6,9H,7-8H2,1-2H3,(H,17,20). The van der Waals surface area contributed by atoms with E-state index < -0.39 is 0 Å². The molecular weight excluding hydrogens is 284 g/mol. The summed E-state index contributed by atoms with van der Waals surface area (Å²) >= 11 is 1.41. The maximum absolute atomic E-state index is 12.1. The van der Waals surface area contributed by atoms with E-state index in [-0.39, 0.29) is 5.91 Å². The number of carbonyl (C=O) groups excluding carboxylic acids is 1. The lowest BCUT2D eigenvalue weighted by Crippen LogP contribution is -2.15. The van der Waals surface area contributed by atoms with Crippen molar-refractivity contribution in [3.63, 3.8) is 0 Å². The minimum atomic E-state index is -0.0130. The van der Waals surface area contributed by atoms with Crippen LogP contribution in [0.25, 0.3) is 10.9 Å². The Morgan fingerprint density at radius 1 is 1.33 bits per heavy atom. The van der Waals surface area contributed by atoms with Gasteiger partial charge in [0, 0.05) is 16.7 Å². The Morgan fingerprint density at radius 2 is 2.14 bits per heavy atom. The molecule has 0 aliphatic heterocycles. The number of anilines is 1. The van der Waals surface area contributed by atoms with Crippen LogP contribution >= 0.6 is 11.5 Å². The topological polar surface area (TPSA) is 59.8 Å². The molecule has 3 aromatic rings. The third-order valence-corrected chi connectivity index (χ3v) is 4.24. The first-order valence-corrected chi connectivity index (χ1v) is 7.56. The van der Waals surface area contributed by atoms with Crippen molar-refractivity contribution in [3.8, 4) is 0 Å². The van der Waals surface area contributed by atoms with E-state index >= 15 is 0 Å². The summed E-state index contributed by atoms with van der Waals surface area (Å²) in [5.74, 6) is -0.0130. The molecule has 0 radical (unpaired) electrons. The molecule has 1 N–H and O–H groups in total. The quantitative estimate of drug-likeness (QED) is 0.805. The Bertz CT molecular complexity index is 770. The van der Waals surface area contributed by atoms with E-state index in [4.69, 9.17) is 0 Å². The lowest BCUT2D eigenvalue weighted by Gasteiger charge is -2.06. The van der Waals surface area contributed by atoms with Crippen molar-refractivity contribution in [2.24, 2.45) is 0 Å². The molecule has 2 aromatic heterocycles. The predicted octanol–water partition coefficient (Wildman–Crippen LogP) is 3.14. The van der Waals surface area contributed by atoms with Crippen LogP contribution in [-0.2, 0) is 11.3 Å². The minimum absolute atomic E-state index is 0.0130. The molecule has 5 nitrogen and oxygen atoms in total. The molecule has 0 saturated carbocycles. The van der Waals surface area contributed by atoms with Gasteiger partial charge in [-0.2, -0.15) is 9.47 Å². The first-order chi connectivity index (χ1) is 10.1. The molecule has 21 heavy (non-hydrogen) atoms. The summed E-state index contributed by atoms with van der Waals surface area (Å²) in [6.45, 7) is 4.43. The van der Waals surface area contributed by atoms with Gasteiger partial charge in [-0.05, 0) is 31.4 Å². The first kappa shape index (κ1) is 13.8. The van der Waals surface area contributed by atoms with Crippen LogP contribution < -0.4 is 5.32 Å². The molecule has 0 aliphatic rings. The van der Waals surface area contributed by atoms with Crippen molar-refractivity contribution < 1.29 is 4.79 Å². The maximum Gasteiger partial charge on any atom is 0.226 e. The Labute approximate surface area is 126 Å². The highest BCUT2D eigenvalue weighted by atomic mass is 32.1. The highest BCUT2D eigenvalue weighted by Crippen LogP contribution is 2.23. The molecule has 0 spiro atoms. The SMILES string of the molecule is Cc1nsc(C)c1NC(=O)CCn1ncc2ccccc21. The average molecular weight is 300 g/mol. The van der Waals surface area contributed by atoms with Gasteiger partial charge in [0.25, 0.3) is 0 Å². The van der Waals surface area contributed by atoms with Gasteiger partial charge in [0.2, 0.25) is 5.91 Å². The molecule has 0 aliphatic carbocycles. The number of aromatic nitrogens is 3. The second-order valence-corrected chi connectivity index (χ2v) is 5.90. The predicted molar refractivity (Wildman–Crippen MR) is 84.6 cm³/mol. The summed E-state index contributed by atoms with van der Waals surface area (Å²) in [4.78, 5) is 13.1.